The van der Waals surface area contributed by atoms with Crippen molar-refractivity contribution < 1.29 is 87.3 Å². The van der Waals surface area contributed by atoms with Gasteiger partial charge in [0.2, 0.25) is 29.5 Å². The van der Waals surface area contributed by atoms with Crippen molar-refractivity contribution in [1.82, 2.24) is 75.2 Å². The van der Waals surface area contributed by atoms with E-state index in [0.29, 0.717) is 134 Å². The minimum atomic E-state index is -1.00. The van der Waals surface area contributed by atoms with Gasteiger partial charge in [-0.25, -0.2) is 0 Å². The highest BCUT2D eigenvalue weighted by molar-refractivity contribution is 6.48. The first-order valence-electron chi connectivity index (χ1n) is 45.7. The van der Waals surface area contributed by atoms with Gasteiger partial charge >= 0.3 is 23.9 Å². The summed E-state index contributed by atoms with van der Waals surface area (Å²) < 4.78 is 25.0. The highest BCUT2D eigenvalue weighted by Gasteiger charge is 2.37. The number of aromatic hydroxyl groups is 4. The largest absolute Gasteiger partial charge is 0.508 e. The predicted molar refractivity (Wildman–Crippen MR) is 497 cm³/mol. The summed E-state index contributed by atoms with van der Waals surface area (Å²) >= 11 is 0. The maximum absolute atomic E-state index is 14.9. The molecular formula is C95H142N18O18. The number of rotatable bonds is 34. The number of ether oxygens (including phenoxy) is 4. The number of aromatic nitrogens is 3. The molecule has 1 aromatic heterocycles. The summed E-state index contributed by atoms with van der Waals surface area (Å²) in [4.78, 5) is 156. The molecule has 0 unspecified atom stereocenters. The van der Waals surface area contributed by atoms with E-state index in [2.05, 4.69) is 41.3 Å². The molecule has 3 fully saturated rings. The number of amides is 6. The SMILES string of the molecule is CCNC(=O)C(=N)N(C(=N)c1cc(C(C)C)c(O)cc1O)c1ccc(CN2CCN(C(=O)CCC(=O)N[C@@H](CCCCNC(=O)CC[C@H](C(=O)OC(C)(C)C)N3CCN(CC(=O)OC(C)(C)C)CCN(CC(=O)OC(C)(C)C)CCN(CC(=O)OC(C)(C)C)CC3)C(=O)N3CCN(Cc4ccc(-n5c(C(=O)NCC)nnc5-c5cc(C(C)C)c(O)cc5O)cc4)CC3)CC2)cc1. The molecule has 10 N–H and O–H groups in total. The van der Waals surface area contributed by atoms with E-state index in [4.69, 9.17) is 24.4 Å². The van der Waals surface area contributed by atoms with Crippen molar-refractivity contribution in [2.24, 2.45) is 0 Å². The summed E-state index contributed by atoms with van der Waals surface area (Å²) in [6.45, 7) is 39.3. The second-order valence-corrected chi connectivity index (χ2v) is 38.4. The smallest absolute Gasteiger partial charge is 0.323 e. The molecule has 36 heteroatoms. The van der Waals surface area contributed by atoms with Gasteiger partial charge in [-0.1, -0.05) is 52.0 Å². The lowest BCUT2D eigenvalue weighted by molar-refractivity contribution is -0.163. The van der Waals surface area contributed by atoms with Crippen LogP contribution < -0.4 is 26.2 Å². The second-order valence-electron chi connectivity index (χ2n) is 38.4. The fraction of sp³-hybridized carbons (Fsp3) is 0.600. The van der Waals surface area contributed by atoms with Gasteiger partial charge in [-0.05, 0) is 193 Å². The van der Waals surface area contributed by atoms with Crippen LogP contribution in [0.4, 0.5) is 5.69 Å². The second kappa shape index (κ2) is 47.8. The van der Waals surface area contributed by atoms with Gasteiger partial charge in [0, 0.05) is 180 Å². The minimum absolute atomic E-state index is 0.00919. The zero-order valence-corrected chi connectivity index (χ0v) is 80.0. The lowest BCUT2D eigenvalue weighted by Gasteiger charge is -2.37. The Bertz CT molecular complexity index is 4720. The highest BCUT2D eigenvalue weighted by atomic mass is 16.6. The molecule has 0 radical (unpaired) electrons. The Morgan fingerprint density at radius 1 is 0.481 bits per heavy atom. The van der Waals surface area contributed by atoms with Gasteiger partial charge in [-0.3, -0.25) is 97.6 Å². The summed E-state index contributed by atoms with van der Waals surface area (Å²) in [6, 6.07) is 18.0. The molecule has 2 atom stereocenters. The average Bonchev–Trinajstić information content (AvgIpc) is 1.65. The van der Waals surface area contributed by atoms with Crippen molar-refractivity contribution >= 4 is 76.7 Å². The fourth-order valence-electron chi connectivity index (χ4n) is 15.7. The van der Waals surface area contributed by atoms with Gasteiger partial charge in [0.1, 0.15) is 63.3 Å². The maximum Gasteiger partial charge on any atom is 0.323 e. The normalized spacial score (nSPS) is 15.9. The van der Waals surface area contributed by atoms with Crippen LogP contribution in [-0.2, 0) is 75.2 Å². The number of piperazine rings is 2. The van der Waals surface area contributed by atoms with Gasteiger partial charge < -0.3 is 70.4 Å². The van der Waals surface area contributed by atoms with Crippen LogP contribution in [0.1, 0.15) is 220 Å². The Labute approximate surface area is 770 Å². The van der Waals surface area contributed by atoms with E-state index in [1.807, 2.05) is 83.7 Å². The van der Waals surface area contributed by atoms with Crippen LogP contribution in [0.25, 0.3) is 17.1 Å². The van der Waals surface area contributed by atoms with Gasteiger partial charge in [-0.2, -0.15) is 0 Å². The molecular weight excluding hydrogens is 1680 g/mol. The van der Waals surface area contributed by atoms with Crippen LogP contribution in [0.5, 0.6) is 23.0 Å². The van der Waals surface area contributed by atoms with Crippen molar-refractivity contribution in [3.05, 3.63) is 106 Å². The third-order valence-electron chi connectivity index (χ3n) is 22.2. The number of amidine groups is 2. The van der Waals surface area contributed by atoms with Crippen LogP contribution in [-0.4, -0.2) is 324 Å². The van der Waals surface area contributed by atoms with Crippen molar-refractivity contribution in [3.8, 4) is 40.1 Å². The molecule has 4 aromatic carbocycles. The topological polar surface area (TPSA) is 444 Å². The summed E-state index contributed by atoms with van der Waals surface area (Å²) in [5.41, 5.74) is 0.723. The zero-order valence-electron chi connectivity index (χ0n) is 80.0. The number of unbranched alkanes of at least 4 members (excludes halogenated alkanes) is 1. The summed E-state index contributed by atoms with van der Waals surface area (Å²) in [5.74, 6) is -6.43. The Balaban J connectivity index is 0.943. The van der Waals surface area contributed by atoms with E-state index in [1.54, 1.807) is 129 Å². The zero-order chi connectivity index (χ0) is 96.6. The molecule has 0 bridgehead atoms. The van der Waals surface area contributed by atoms with Crippen molar-refractivity contribution in [2.45, 2.75) is 229 Å². The van der Waals surface area contributed by atoms with Crippen molar-refractivity contribution in [1.29, 1.82) is 10.8 Å². The molecule has 131 heavy (non-hydrogen) atoms. The predicted octanol–water partition coefficient (Wildman–Crippen LogP) is 7.98. The van der Waals surface area contributed by atoms with Crippen LogP contribution in [0, 0.1) is 10.8 Å². The van der Waals surface area contributed by atoms with Crippen LogP contribution in [0.15, 0.2) is 72.8 Å². The molecule has 3 saturated heterocycles. The van der Waals surface area contributed by atoms with E-state index in [1.165, 1.54) is 12.1 Å². The molecule has 6 amide bonds. The van der Waals surface area contributed by atoms with E-state index >= 15 is 0 Å². The standard InChI is InChI=1S/C95H142N18O18/c1-19-98-88(124)85(97)112(84(96)70-53-68(62(3)4)74(114)55-76(70)116)66-28-24-64(25-29-66)57-104-43-49-110(50-44-104)80(120)35-34-79(119)101-72(90(126)111-51-45-105(46-52-111)58-65-26-30-67(31-27-65)113-86(102-103-87(113)89(125)99-20-2)71-54-69(63(5)6)75(115)56-77(71)117)23-21-22-36-100-78(118)33-32-73(91(127)131-95(16,17)18)109-47-41-107(60-82(122)129-93(10,11)12)39-37-106(59-81(121)128-92(7,8)9)38-40-108(42-48-109)61-83(123)130-94(13,14)15/h24-31,53-56,62-63,72-73,96-97,114-117H,19-23,32-52,57-61H2,1-18H3,(H,98,124)(H,99,125)(H,100,118)(H,101,119)/t72-,73+/m0/s1. The van der Waals surface area contributed by atoms with E-state index < -0.39 is 87.7 Å². The molecule has 5 aromatic rings. The number of carbonyl (C=O) groups excluding carboxylic acids is 10. The molecule has 0 aliphatic carbocycles. The number of carbonyl (C=O) groups is 10. The Hall–Kier alpha value is -11.2. The van der Waals surface area contributed by atoms with Gasteiger partial charge in [0.15, 0.2) is 11.7 Å². The van der Waals surface area contributed by atoms with E-state index in [0.717, 1.165) is 22.1 Å². The molecule has 0 spiro atoms. The maximum atomic E-state index is 14.9. The quantitative estimate of drug-likeness (QED) is 0.00613. The molecule has 3 aliphatic rings. The number of nitrogens with zero attached hydrogens (tertiary/aromatic N) is 12. The highest BCUT2D eigenvalue weighted by Crippen LogP contribution is 2.39. The Kier molecular flexibility index (Phi) is 38.4. The first kappa shape index (κ1) is 105. The molecule has 3 aliphatic heterocycles. The average molecular weight is 1820 g/mol. The third-order valence-corrected chi connectivity index (χ3v) is 22.2. The fourth-order valence-corrected chi connectivity index (χ4v) is 15.7. The number of hydrogen-bond donors (Lipinski definition) is 10. The number of hydrogen-bond acceptors (Lipinski definition) is 28. The van der Waals surface area contributed by atoms with Crippen LogP contribution in [0.2, 0.25) is 0 Å². The van der Waals surface area contributed by atoms with Gasteiger partial charge in [-0.15, -0.1) is 10.2 Å². The monoisotopic (exact) mass is 1820 g/mol. The third kappa shape index (κ3) is 33.0. The molecule has 4 heterocycles. The van der Waals surface area contributed by atoms with Crippen LogP contribution in [0.3, 0.4) is 0 Å². The summed E-state index contributed by atoms with van der Waals surface area (Å²) in [5, 5.41) is 81.4. The Morgan fingerprint density at radius 3 is 1.42 bits per heavy atom. The van der Waals surface area contributed by atoms with Gasteiger partial charge in [0.25, 0.3) is 11.8 Å². The number of likely N-dealkylation sites (N-methyl/N-ethyl adjacent to an activating group) is 1. The number of benzene rings is 4. The molecule has 8 rings (SSSR count). The Morgan fingerprint density at radius 2 is 0.939 bits per heavy atom. The lowest BCUT2D eigenvalue weighted by atomic mass is 9.98. The first-order valence-corrected chi connectivity index (χ1v) is 45.7. The summed E-state index contributed by atoms with van der Waals surface area (Å²) in [6.07, 6.45) is 0.529. The van der Waals surface area contributed by atoms with E-state index in [9.17, 15) is 73.8 Å². The number of phenols is 4. The molecule has 720 valence electrons. The van der Waals surface area contributed by atoms with Crippen molar-refractivity contribution in [2.75, 3.05) is 149 Å². The summed E-state index contributed by atoms with van der Waals surface area (Å²) in [7, 11) is 0. The van der Waals surface area contributed by atoms with Crippen molar-refractivity contribution in [3.63, 3.8) is 0 Å². The minimum Gasteiger partial charge on any atom is -0.508 e. The van der Waals surface area contributed by atoms with Gasteiger partial charge in [0.05, 0.1) is 30.8 Å². The van der Waals surface area contributed by atoms with Crippen LogP contribution >= 0.6 is 0 Å². The number of phenolic OH excluding ortho intramolecular Hbond substituents is 4. The van der Waals surface area contributed by atoms with E-state index in [-0.39, 0.29) is 166 Å². The lowest BCUT2D eigenvalue weighted by Crippen LogP contribution is -2.54. The number of nitrogens with one attached hydrogen (secondary N) is 6. The number of anilines is 1. The molecule has 36 nitrogen and oxygen atoms in total. The number of esters is 4. The first-order chi connectivity index (χ1) is 61.6. The molecule has 0 saturated carbocycles.